The summed E-state index contributed by atoms with van der Waals surface area (Å²) >= 11 is 5.91. The summed E-state index contributed by atoms with van der Waals surface area (Å²) in [6, 6.07) is 10.5. The molecule has 0 bridgehead atoms. The Morgan fingerprint density at radius 2 is 1.97 bits per heavy atom. The molecule has 0 radical (unpaired) electrons. The molecule has 2 saturated heterocycles. The van der Waals surface area contributed by atoms with Crippen LogP contribution in [-0.2, 0) is 9.63 Å². The Hall–Kier alpha value is -3.84. The molecule has 0 saturated carbocycles. The first-order chi connectivity index (χ1) is 18.1. The Morgan fingerprint density at radius 3 is 2.63 bits per heavy atom. The number of halogens is 5. The second-order valence-corrected chi connectivity index (χ2v) is 9.00. The average Bonchev–Trinajstić information content (AvgIpc) is 3.47. The van der Waals surface area contributed by atoms with E-state index in [9.17, 15) is 22.4 Å². The van der Waals surface area contributed by atoms with Gasteiger partial charge >= 0.3 is 12.1 Å². The maximum atomic E-state index is 13.5. The van der Waals surface area contributed by atoms with E-state index in [-0.39, 0.29) is 11.1 Å². The Labute approximate surface area is 219 Å². The maximum absolute atomic E-state index is 13.5. The highest BCUT2D eigenvalue weighted by Gasteiger charge is 2.50. The molecule has 200 valence electrons. The summed E-state index contributed by atoms with van der Waals surface area (Å²) in [5.41, 5.74) is 4.56. The topological polar surface area (TPSA) is 84.2 Å². The molecule has 14 heteroatoms. The minimum absolute atomic E-state index is 0.123. The number of nitrogens with one attached hydrogen (secondary N) is 1. The van der Waals surface area contributed by atoms with Crippen molar-refractivity contribution in [2.45, 2.75) is 31.1 Å². The quantitative estimate of drug-likeness (QED) is 0.459. The molecular formula is C24H21ClF4N6O3. The molecular weight excluding hydrogens is 532 g/mol. The van der Waals surface area contributed by atoms with Gasteiger partial charge in [0, 0.05) is 24.7 Å². The number of imidazole rings is 1. The minimum Gasteiger partial charge on any atom is -0.494 e. The number of fused-ring (bicyclic) bond motifs is 1. The molecule has 3 aromatic rings. The van der Waals surface area contributed by atoms with Gasteiger partial charge in [-0.1, -0.05) is 23.7 Å². The zero-order valence-corrected chi connectivity index (χ0v) is 20.6. The number of aliphatic imine (C=N–C) groups is 1. The molecule has 2 aliphatic rings. The molecule has 0 aliphatic carbocycles. The number of benzene rings is 2. The maximum Gasteiger partial charge on any atom is 0.493 e. The minimum atomic E-state index is -5.23. The first-order valence-electron chi connectivity index (χ1n) is 11.5. The lowest BCUT2D eigenvalue weighted by Crippen LogP contribution is -2.50. The predicted molar refractivity (Wildman–Crippen MR) is 128 cm³/mol. The van der Waals surface area contributed by atoms with Gasteiger partial charge in [0.15, 0.2) is 0 Å². The monoisotopic (exact) mass is 552 g/mol. The van der Waals surface area contributed by atoms with Gasteiger partial charge in [0.1, 0.15) is 29.2 Å². The van der Waals surface area contributed by atoms with E-state index in [0.29, 0.717) is 42.1 Å². The van der Waals surface area contributed by atoms with Crippen LogP contribution >= 0.6 is 11.6 Å². The summed E-state index contributed by atoms with van der Waals surface area (Å²) < 4.78 is 60.2. The third kappa shape index (κ3) is 5.11. The van der Waals surface area contributed by atoms with Gasteiger partial charge in [-0.25, -0.2) is 19.2 Å². The van der Waals surface area contributed by atoms with E-state index < -0.39 is 30.0 Å². The van der Waals surface area contributed by atoms with Crippen molar-refractivity contribution in [2.75, 3.05) is 13.7 Å². The van der Waals surface area contributed by atoms with Crippen LogP contribution in [0, 0.1) is 5.82 Å². The van der Waals surface area contributed by atoms with E-state index in [4.69, 9.17) is 21.2 Å². The van der Waals surface area contributed by atoms with Gasteiger partial charge in [0.25, 0.3) is 0 Å². The van der Waals surface area contributed by atoms with E-state index >= 15 is 0 Å². The number of carbonyl (C=O) groups is 1. The van der Waals surface area contributed by atoms with Crippen LogP contribution in [0.1, 0.15) is 24.3 Å². The highest BCUT2D eigenvalue weighted by atomic mass is 35.5. The van der Waals surface area contributed by atoms with Crippen LogP contribution in [0.3, 0.4) is 0 Å². The highest BCUT2D eigenvalue weighted by molar-refractivity contribution is 6.29. The molecule has 2 aliphatic heterocycles. The Morgan fingerprint density at radius 1 is 1.21 bits per heavy atom. The van der Waals surface area contributed by atoms with Crippen LogP contribution in [0.25, 0.3) is 5.69 Å². The van der Waals surface area contributed by atoms with E-state index in [2.05, 4.69) is 15.4 Å². The van der Waals surface area contributed by atoms with Gasteiger partial charge in [0.05, 0.1) is 18.5 Å². The number of guanidine groups is 1. The predicted octanol–water partition coefficient (Wildman–Crippen LogP) is 4.71. The summed E-state index contributed by atoms with van der Waals surface area (Å²) in [5, 5.41) is 2.76. The zero-order chi connectivity index (χ0) is 27.0. The fourth-order valence-corrected chi connectivity index (χ4v) is 4.71. The summed E-state index contributed by atoms with van der Waals surface area (Å²) in [5.74, 6) is -2.97. The normalized spacial score (nSPS) is 20.8. The zero-order valence-electron chi connectivity index (χ0n) is 19.8. The van der Waals surface area contributed by atoms with Gasteiger partial charge in [-0.3, -0.25) is 5.43 Å². The molecule has 0 amide bonds. The Kier molecular flexibility index (Phi) is 6.88. The van der Waals surface area contributed by atoms with Crippen molar-refractivity contribution < 1.29 is 31.9 Å². The fraction of sp³-hybridized carbons (Fsp3) is 0.292. The molecule has 2 unspecified atom stereocenters. The van der Waals surface area contributed by atoms with Gasteiger partial charge < -0.3 is 14.1 Å². The molecule has 2 aromatic carbocycles. The van der Waals surface area contributed by atoms with Crippen LogP contribution < -0.4 is 10.2 Å². The van der Waals surface area contributed by atoms with E-state index in [0.717, 1.165) is 5.06 Å². The van der Waals surface area contributed by atoms with Gasteiger partial charge in [-0.15, -0.1) is 0 Å². The standard InChI is InChI=1S/C24H21ClF4N6O3/c1-37-19-11-16(8-9-18(19)33-12-20(25)30-13-33)31-23-32-34-10-2-3-17(14-4-6-15(26)7-5-14)21(34)35(23)38-22(36)24(27,28)29/h4-9,11-13,17,21H,2-3,10H2,1H3,(H,31,32). The number of hydrazine groups is 1. The van der Waals surface area contributed by atoms with Crippen LogP contribution in [0.5, 0.6) is 5.75 Å². The van der Waals surface area contributed by atoms with E-state index in [1.165, 1.54) is 25.6 Å². The molecule has 2 fully saturated rings. The SMILES string of the molecule is COc1cc(N=C2NN3CCCC(c4ccc(F)cc4)C3N2OC(=O)C(F)(F)F)ccc1-n1cnc(Cl)c1. The lowest BCUT2D eigenvalue weighted by molar-refractivity contribution is -0.235. The largest absolute Gasteiger partial charge is 0.494 e. The first kappa shape index (κ1) is 25.8. The second kappa shape index (κ2) is 10.1. The first-order valence-corrected chi connectivity index (χ1v) is 11.9. The summed E-state index contributed by atoms with van der Waals surface area (Å²) in [7, 11) is 1.45. The summed E-state index contributed by atoms with van der Waals surface area (Å²) in [4.78, 5) is 25.2. The van der Waals surface area contributed by atoms with Crippen molar-refractivity contribution in [3.8, 4) is 11.4 Å². The second-order valence-electron chi connectivity index (χ2n) is 8.62. The molecule has 5 rings (SSSR count). The number of rotatable bonds is 5. The lowest BCUT2D eigenvalue weighted by Gasteiger charge is -2.37. The molecule has 0 spiro atoms. The number of nitrogens with zero attached hydrogens (tertiary/aromatic N) is 5. The number of aromatic nitrogens is 2. The number of ether oxygens (including phenoxy) is 1. The Balaban J connectivity index is 1.52. The number of methoxy groups -OCH3 is 1. The van der Waals surface area contributed by atoms with Crippen molar-refractivity contribution in [1.82, 2.24) is 25.0 Å². The third-order valence-corrected chi connectivity index (χ3v) is 6.42. The number of hydrogen-bond acceptors (Lipinski definition) is 6. The van der Waals surface area contributed by atoms with E-state index in [1.54, 1.807) is 46.1 Å². The summed E-state index contributed by atoms with van der Waals surface area (Å²) in [6.45, 7) is 0.450. The van der Waals surface area contributed by atoms with E-state index in [1.807, 2.05) is 0 Å². The third-order valence-electron chi connectivity index (χ3n) is 6.22. The molecule has 9 nitrogen and oxygen atoms in total. The van der Waals surface area contributed by atoms with Crippen molar-refractivity contribution in [2.24, 2.45) is 4.99 Å². The molecule has 1 aromatic heterocycles. The molecule has 1 N–H and O–H groups in total. The number of hydrogen-bond donors (Lipinski definition) is 1. The number of piperidine rings is 1. The molecule has 38 heavy (non-hydrogen) atoms. The van der Waals surface area contributed by atoms with Crippen molar-refractivity contribution in [3.63, 3.8) is 0 Å². The fourth-order valence-electron chi connectivity index (χ4n) is 4.56. The number of carbonyl (C=O) groups excluding carboxylic acids is 1. The molecule has 2 atom stereocenters. The van der Waals surface area contributed by atoms with Crippen LogP contribution in [0.4, 0.5) is 23.2 Å². The highest BCUT2D eigenvalue weighted by Crippen LogP contribution is 2.38. The number of hydroxylamine groups is 2. The van der Waals surface area contributed by atoms with Gasteiger partial charge in [-0.2, -0.15) is 23.2 Å². The van der Waals surface area contributed by atoms with Crippen LogP contribution in [-0.4, -0.2) is 57.5 Å². The molecule has 3 heterocycles. The number of alkyl halides is 3. The smallest absolute Gasteiger partial charge is 0.493 e. The average molecular weight is 553 g/mol. The van der Waals surface area contributed by atoms with Crippen LogP contribution in [0.15, 0.2) is 60.0 Å². The summed E-state index contributed by atoms with van der Waals surface area (Å²) in [6.07, 6.45) is -1.75. The lowest BCUT2D eigenvalue weighted by atomic mass is 9.88. The van der Waals surface area contributed by atoms with Gasteiger partial charge in [0.2, 0.25) is 5.96 Å². The van der Waals surface area contributed by atoms with Crippen molar-refractivity contribution in [1.29, 1.82) is 0 Å². The van der Waals surface area contributed by atoms with Crippen LogP contribution in [0.2, 0.25) is 5.15 Å². The van der Waals surface area contributed by atoms with Crippen molar-refractivity contribution >= 4 is 29.2 Å². The van der Waals surface area contributed by atoms with Crippen molar-refractivity contribution in [3.05, 3.63) is 71.5 Å². The van der Waals surface area contributed by atoms with Gasteiger partial charge in [-0.05, 0) is 42.7 Å². The Bertz CT molecular complexity index is 1360.